The zero-order chi connectivity index (χ0) is 16.2. The molecule has 2 aromatic rings. The molecule has 0 unspecified atom stereocenters. The average molecular weight is 318 g/mol. The Hall–Kier alpha value is -1.72. The van der Waals surface area contributed by atoms with Gasteiger partial charge in [-0.25, -0.2) is 9.78 Å². The van der Waals surface area contributed by atoms with E-state index >= 15 is 0 Å². The maximum atomic E-state index is 11.9. The Bertz CT molecular complexity index is 627. The van der Waals surface area contributed by atoms with Crippen LogP contribution in [0.4, 0.5) is 0 Å². The number of nitrogens with one attached hydrogen (secondary N) is 1. The lowest BCUT2D eigenvalue weighted by atomic mass is 10.1. The Labute approximate surface area is 135 Å². The van der Waals surface area contributed by atoms with Crippen molar-refractivity contribution in [1.82, 2.24) is 10.3 Å². The van der Waals surface area contributed by atoms with Crippen LogP contribution >= 0.6 is 11.3 Å². The van der Waals surface area contributed by atoms with Crippen molar-refractivity contribution in [3.8, 4) is 0 Å². The van der Waals surface area contributed by atoms with Gasteiger partial charge in [-0.1, -0.05) is 12.1 Å². The average Bonchev–Trinajstić information content (AvgIpc) is 2.83. The van der Waals surface area contributed by atoms with E-state index in [9.17, 15) is 4.79 Å². The van der Waals surface area contributed by atoms with Crippen LogP contribution in [0.1, 0.15) is 46.6 Å². The number of rotatable bonds is 5. The molecule has 1 heterocycles. The fraction of sp³-hybridized carbons (Fsp3) is 0.412. The minimum absolute atomic E-state index is 0.285. The molecule has 0 aliphatic heterocycles. The Morgan fingerprint density at radius 2 is 1.91 bits per heavy atom. The molecule has 0 amide bonds. The number of benzene rings is 1. The van der Waals surface area contributed by atoms with Crippen LogP contribution in [0.25, 0.3) is 0 Å². The molecule has 2 rings (SSSR count). The first kappa shape index (κ1) is 16.6. The summed E-state index contributed by atoms with van der Waals surface area (Å²) in [5.74, 6) is -0.285. The monoisotopic (exact) mass is 318 g/mol. The lowest BCUT2D eigenvalue weighted by Gasteiger charge is -2.19. The van der Waals surface area contributed by atoms with E-state index in [2.05, 4.69) is 10.3 Å². The predicted octanol–water partition coefficient (Wildman–Crippen LogP) is 3.70. The summed E-state index contributed by atoms with van der Waals surface area (Å²) in [5, 5.41) is 4.45. The fourth-order valence-corrected chi connectivity index (χ4v) is 2.68. The molecule has 0 fully saturated rings. The Kier molecular flexibility index (Phi) is 5.32. The molecule has 0 atom stereocenters. The van der Waals surface area contributed by atoms with E-state index < -0.39 is 5.60 Å². The zero-order valence-electron chi connectivity index (χ0n) is 13.5. The van der Waals surface area contributed by atoms with E-state index in [1.54, 1.807) is 11.3 Å². The van der Waals surface area contributed by atoms with Crippen LogP contribution in [0.15, 0.2) is 30.5 Å². The van der Waals surface area contributed by atoms with Gasteiger partial charge in [-0.2, -0.15) is 0 Å². The van der Waals surface area contributed by atoms with Gasteiger partial charge >= 0.3 is 5.97 Å². The van der Waals surface area contributed by atoms with Crippen molar-refractivity contribution >= 4 is 17.3 Å². The fourth-order valence-electron chi connectivity index (χ4n) is 1.91. The number of esters is 1. The summed E-state index contributed by atoms with van der Waals surface area (Å²) in [6, 6.07) is 7.51. The number of hydrogen-bond donors (Lipinski definition) is 1. The van der Waals surface area contributed by atoms with Gasteiger partial charge in [0.1, 0.15) is 5.60 Å². The molecule has 1 aromatic carbocycles. The van der Waals surface area contributed by atoms with Crippen molar-refractivity contribution in [2.45, 2.75) is 46.4 Å². The third kappa shape index (κ3) is 5.24. The number of thiazole rings is 1. The Morgan fingerprint density at radius 1 is 1.23 bits per heavy atom. The van der Waals surface area contributed by atoms with E-state index in [1.165, 1.54) is 4.88 Å². The third-order valence-electron chi connectivity index (χ3n) is 2.89. The van der Waals surface area contributed by atoms with E-state index in [-0.39, 0.29) is 5.97 Å². The van der Waals surface area contributed by atoms with Crippen molar-refractivity contribution in [3.63, 3.8) is 0 Å². The summed E-state index contributed by atoms with van der Waals surface area (Å²) in [6.45, 7) is 9.16. The van der Waals surface area contributed by atoms with E-state index in [0.29, 0.717) is 5.56 Å². The highest BCUT2D eigenvalue weighted by Gasteiger charge is 2.17. The second-order valence-corrected chi connectivity index (χ2v) is 7.47. The van der Waals surface area contributed by atoms with Crippen molar-refractivity contribution in [1.29, 1.82) is 0 Å². The molecule has 0 aliphatic carbocycles. The van der Waals surface area contributed by atoms with Crippen LogP contribution in [0, 0.1) is 6.92 Å². The van der Waals surface area contributed by atoms with Gasteiger partial charge < -0.3 is 10.1 Å². The first-order valence-electron chi connectivity index (χ1n) is 7.28. The van der Waals surface area contributed by atoms with Gasteiger partial charge in [0.15, 0.2) is 0 Å². The molecule has 1 N–H and O–H groups in total. The highest BCUT2D eigenvalue weighted by Crippen LogP contribution is 2.14. The molecule has 0 spiro atoms. The Balaban J connectivity index is 1.85. The highest BCUT2D eigenvalue weighted by atomic mass is 32.1. The normalized spacial score (nSPS) is 11.5. The minimum Gasteiger partial charge on any atom is -0.456 e. The molecule has 0 aliphatic rings. The van der Waals surface area contributed by atoms with E-state index in [0.717, 1.165) is 23.7 Å². The van der Waals surface area contributed by atoms with Gasteiger partial charge in [0.2, 0.25) is 0 Å². The van der Waals surface area contributed by atoms with Crippen LogP contribution in [0.2, 0.25) is 0 Å². The van der Waals surface area contributed by atoms with Crippen LogP contribution in [0.5, 0.6) is 0 Å². The topological polar surface area (TPSA) is 51.2 Å². The first-order chi connectivity index (χ1) is 10.3. The maximum absolute atomic E-state index is 11.9. The molecular weight excluding hydrogens is 296 g/mol. The summed E-state index contributed by atoms with van der Waals surface area (Å²) in [7, 11) is 0. The SMILES string of the molecule is Cc1ncc(CNCc2ccc(C(=O)OC(C)(C)C)cc2)s1. The number of ether oxygens (including phenoxy) is 1. The van der Waals surface area contributed by atoms with E-state index in [1.807, 2.05) is 58.2 Å². The minimum atomic E-state index is -0.468. The van der Waals surface area contributed by atoms with Crippen LogP contribution in [-0.2, 0) is 17.8 Å². The zero-order valence-corrected chi connectivity index (χ0v) is 14.3. The summed E-state index contributed by atoms with van der Waals surface area (Å²) in [4.78, 5) is 17.4. The van der Waals surface area contributed by atoms with Crippen LogP contribution in [-0.4, -0.2) is 16.6 Å². The predicted molar refractivity (Wildman–Crippen MR) is 89.0 cm³/mol. The summed E-state index contributed by atoms with van der Waals surface area (Å²) in [6.07, 6.45) is 1.90. The quantitative estimate of drug-likeness (QED) is 0.854. The number of carbonyl (C=O) groups excluding carboxylic acids is 1. The van der Waals surface area contributed by atoms with Gasteiger partial charge in [-0.15, -0.1) is 11.3 Å². The van der Waals surface area contributed by atoms with Gasteiger partial charge in [-0.3, -0.25) is 0 Å². The van der Waals surface area contributed by atoms with Crippen molar-refractivity contribution < 1.29 is 9.53 Å². The number of aromatic nitrogens is 1. The van der Waals surface area contributed by atoms with Crippen molar-refractivity contribution in [2.75, 3.05) is 0 Å². The molecule has 118 valence electrons. The molecule has 0 bridgehead atoms. The lowest BCUT2D eigenvalue weighted by molar-refractivity contribution is 0.00695. The number of nitrogens with zero attached hydrogens (tertiary/aromatic N) is 1. The number of hydrogen-bond acceptors (Lipinski definition) is 5. The molecule has 0 saturated carbocycles. The number of aryl methyl sites for hydroxylation is 1. The van der Waals surface area contributed by atoms with Crippen molar-refractivity contribution in [2.24, 2.45) is 0 Å². The van der Waals surface area contributed by atoms with Crippen molar-refractivity contribution in [3.05, 3.63) is 51.5 Å². The summed E-state index contributed by atoms with van der Waals surface area (Å²) < 4.78 is 5.34. The second kappa shape index (κ2) is 7.03. The standard InChI is InChI=1S/C17H22N2O2S/c1-12-19-11-15(22-12)10-18-9-13-5-7-14(8-6-13)16(20)21-17(2,3)4/h5-8,11,18H,9-10H2,1-4H3. The molecule has 0 saturated heterocycles. The van der Waals surface area contributed by atoms with E-state index in [4.69, 9.17) is 4.74 Å². The molecule has 5 heteroatoms. The van der Waals surface area contributed by atoms with Gasteiger partial charge in [-0.05, 0) is 45.4 Å². The molecule has 22 heavy (non-hydrogen) atoms. The first-order valence-corrected chi connectivity index (χ1v) is 8.09. The maximum Gasteiger partial charge on any atom is 0.338 e. The van der Waals surface area contributed by atoms with Gasteiger partial charge in [0, 0.05) is 24.2 Å². The lowest BCUT2D eigenvalue weighted by Crippen LogP contribution is -2.23. The number of carbonyl (C=O) groups is 1. The molecule has 0 radical (unpaired) electrons. The van der Waals surface area contributed by atoms with Gasteiger partial charge in [0.25, 0.3) is 0 Å². The molecule has 1 aromatic heterocycles. The third-order valence-corrected chi connectivity index (χ3v) is 3.80. The highest BCUT2D eigenvalue weighted by molar-refractivity contribution is 7.11. The molecule has 4 nitrogen and oxygen atoms in total. The van der Waals surface area contributed by atoms with Crippen LogP contribution < -0.4 is 5.32 Å². The van der Waals surface area contributed by atoms with Gasteiger partial charge in [0.05, 0.1) is 10.6 Å². The summed E-state index contributed by atoms with van der Waals surface area (Å²) in [5.41, 5.74) is 1.25. The Morgan fingerprint density at radius 3 is 2.45 bits per heavy atom. The molecular formula is C17H22N2O2S. The largest absolute Gasteiger partial charge is 0.456 e. The smallest absolute Gasteiger partial charge is 0.338 e. The van der Waals surface area contributed by atoms with Crippen LogP contribution in [0.3, 0.4) is 0 Å². The summed E-state index contributed by atoms with van der Waals surface area (Å²) >= 11 is 1.70. The second-order valence-electron chi connectivity index (χ2n) is 6.15.